The fraction of sp³-hybridized carbons (Fsp3) is 0.333. The van der Waals surface area contributed by atoms with Gasteiger partial charge in [-0.2, -0.15) is 5.10 Å². The smallest absolute Gasteiger partial charge is 0.259 e. The maximum Gasteiger partial charge on any atom is 0.259 e. The Morgan fingerprint density at radius 1 is 1.18 bits per heavy atom. The summed E-state index contributed by atoms with van der Waals surface area (Å²) in [6, 6.07) is 12.8. The van der Waals surface area contributed by atoms with E-state index in [4.69, 9.17) is 0 Å². The number of benzene rings is 1. The molecule has 1 N–H and O–H groups in total. The molecule has 2 heterocycles. The zero-order valence-electron chi connectivity index (χ0n) is 12.5. The molecule has 0 amide bonds. The van der Waals surface area contributed by atoms with Gasteiger partial charge >= 0.3 is 0 Å². The number of nitrogens with one attached hydrogen (secondary N) is 1. The molecule has 0 radical (unpaired) electrons. The summed E-state index contributed by atoms with van der Waals surface area (Å²) in [5.41, 5.74) is 3.09. The van der Waals surface area contributed by atoms with Crippen LogP contribution in [0.1, 0.15) is 43.0 Å². The number of aromatic nitrogens is 3. The first kappa shape index (κ1) is 13.3. The normalized spacial score (nSPS) is 15.6. The molecular formula is C18H19N3O. The van der Waals surface area contributed by atoms with Crippen molar-refractivity contribution in [2.24, 2.45) is 0 Å². The second-order valence-corrected chi connectivity index (χ2v) is 6.11. The van der Waals surface area contributed by atoms with E-state index in [1.165, 1.54) is 18.4 Å². The van der Waals surface area contributed by atoms with E-state index in [9.17, 15) is 4.79 Å². The predicted octanol–water partition coefficient (Wildman–Crippen LogP) is 3.43. The van der Waals surface area contributed by atoms with E-state index in [0.29, 0.717) is 11.4 Å². The van der Waals surface area contributed by atoms with Crippen LogP contribution in [0.2, 0.25) is 0 Å². The van der Waals surface area contributed by atoms with E-state index < -0.39 is 0 Å². The van der Waals surface area contributed by atoms with Crippen LogP contribution < -0.4 is 5.56 Å². The second kappa shape index (κ2) is 5.44. The minimum Gasteiger partial charge on any atom is -0.325 e. The first-order chi connectivity index (χ1) is 10.8. The zero-order valence-corrected chi connectivity index (χ0v) is 12.5. The van der Waals surface area contributed by atoms with Crippen molar-refractivity contribution in [1.29, 1.82) is 0 Å². The Morgan fingerprint density at radius 2 is 1.95 bits per heavy atom. The monoisotopic (exact) mass is 293 g/mol. The van der Waals surface area contributed by atoms with E-state index in [2.05, 4.69) is 33.0 Å². The molecule has 0 aliphatic heterocycles. The SMILES string of the molecule is O=c1[nH]c(Cc2ccccc2)cc2c1cnn2C1CCCC1. The summed E-state index contributed by atoms with van der Waals surface area (Å²) in [7, 11) is 0. The van der Waals surface area contributed by atoms with Gasteiger partial charge in [0.1, 0.15) is 0 Å². The van der Waals surface area contributed by atoms with Crippen molar-refractivity contribution in [3.05, 3.63) is 64.2 Å². The van der Waals surface area contributed by atoms with Crippen molar-refractivity contribution in [3.8, 4) is 0 Å². The quantitative estimate of drug-likeness (QED) is 0.804. The number of hydrogen-bond donors (Lipinski definition) is 1. The number of aromatic amines is 1. The lowest BCUT2D eigenvalue weighted by Gasteiger charge is -2.11. The van der Waals surface area contributed by atoms with Gasteiger partial charge in [0, 0.05) is 12.1 Å². The largest absolute Gasteiger partial charge is 0.325 e. The van der Waals surface area contributed by atoms with Crippen molar-refractivity contribution in [2.75, 3.05) is 0 Å². The van der Waals surface area contributed by atoms with Crippen LogP contribution in [0, 0.1) is 0 Å². The Kier molecular flexibility index (Phi) is 3.29. The number of H-pyrrole nitrogens is 1. The molecule has 0 spiro atoms. The molecule has 1 saturated carbocycles. The van der Waals surface area contributed by atoms with Crippen LogP contribution in [-0.2, 0) is 6.42 Å². The highest BCUT2D eigenvalue weighted by atomic mass is 16.1. The molecule has 3 aromatic rings. The van der Waals surface area contributed by atoms with Gasteiger partial charge in [0.05, 0.1) is 23.1 Å². The molecule has 22 heavy (non-hydrogen) atoms. The van der Waals surface area contributed by atoms with Crippen molar-refractivity contribution in [3.63, 3.8) is 0 Å². The topological polar surface area (TPSA) is 50.7 Å². The number of pyridine rings is 1. The summed E-state index contributed by atoms with van der Waals surface area (Å²) in [5, 5.41) is 5.18. The summed E-state index contributed by atoms with van der Waals surface area (Å²) in [6.07, 6.45) is 7.29. The molecule has 1 aliphatic rings. The highest BCUT2D eigenvalue weighted by Gasteiger charge is 2.20. The van der Waals surface area contributed by atoms with E-state index >= 15 is 0 Å². The molecule has 4 rings (SSSR count). The first-order valence-corrected chi connectivity index (χ1v) is 7.94. The molecule has 0 unspecified atom stereocenters. The van der Waals surface area contributed by atoms with Crippen LogP contribution in [-0.4, -0.2) is 14.8 Å². The Hall–Kier alpha value is -2.36. The lowest BCUT2D eigenvalue weighted by atomic mass is 10.1. The van der Waals surface area contributed by atoms with E-state index in [1.807, 2.05) is 18.2 Å². The Balaban J connectivity index is 1.77. The van der Waals surface area contributed by atoms with Gasteiger partial charge in [0.25, 0.3) is 5.56 Å². The first-order valence-electron chi connectivity index (χ1n) is 7.94. The van der Waals surface area contributed by atoms with Gasteiger partial charge < -0.3 is 4.98 Å². The van der Waals surface area contributed by atoms with Crippen molar-refractivity contribution in [1.82, 2.24) is 14.8 Å². The fourth-order valence-electron chi connectivity index (χ4n) is 3.46. The maximum absolute atomic E-state index is 12.3. The summed E-state index contributed by atoms with van der Waals surface area (Å²) >= 11 is 0. The van der Waals surface area contributed by atoms with E-state index in [-0.39, 0.29) is 5.56 Å². The van der Waals surface area contributed by atoms with E-state index in [0.717, 1.165) is 30.5 Å². The van der Waals surface area contributed by atoms with Gasteiger partial charge in [-0.05, 0) is 24.5 Å². The molecule has 1 fully saturated rings. The predicted molar refractivity (Wildman–Crippen MR) is 87.1 cm³/mol. The summed E-state index contributed by atoms with van der Waals surface area (Å²) in [5.74, 6) is 0. The average molecular weight is 293 g/mol. The van der Waals surface area contributed by atoms with Gasteiger partial charge in [-0.25, -0.2) is 0 Å². The second-order valence-electron chi connectivity index (χ2n) is 6.11. The van der Waals surface area contributed by atoms with Crippen LogP contribution in [0.25, 0.3) is 10.9 Å². The van der Waals surface area contributed by atoms with E-state index in [1.54, 1.807) is 6.20 Å². The lowest BCUT2D eigenvalue weighted by Crippen LogP contribution is -2.11. The number of hydrogen-bond acceptors (Lipinski definition) is 2. The third-order valence-electron chi connectivity index (χ3n) is 4.57. The standard InChI is InChI=1S/C18H19N3O/c22-18-16-12-19-21(15-8-4-5-9-15)17(16)11-14(20-18)10-13-6-2-1-3-7-13/h1-3,6-7,11-12,15H,4-5,8-10H2,(H,20,22). The van der Waals surface area contributed by atoms with Gasteiger partial charge in [-0.3, -0.25) is 9.48 Å². The summed E-state index contributed by atoms with van der Waals surface area (Å²) < 4.78 is 2.06. The third-order valence-corrected chi connectivity index (χ3v) is 4.57. The Morgan fingerprint density at radius 3 is 2.73 bits per heavy atom. The molecule has 1 aromatic carbocycles. The minimum atomic E-state index is -0.0346. The summed E-state index contributed by atoms with van der Waals surface area (Å²) in [6.45, 7) is 0. The fourth-order valence-corrected chi connectivity index (χ4v) is 3.46. The number of rotatable bonds is 3. The zero-order chi connectivity index (χ0) is 14.9. The third kappa shape index (κ3) is 2.34. The average Bonchev–Trinajstić information content (AvgIpc) is 3.17. The van der Waals surface area contributed by atoms with Crippen molar-refractivity contribution >= 4 is 10.9 Å². The van der Waals surface area contributed by atoms with Gasteiger partial charge in [0.15, 0.2) is 0 Å². The molecule has 2 aromatic heterocycles. The molecular weight excluding hydrogens is 274 g/mol. The van der Waals surface area contributed by atoms with Crippen LogP contribution >= 0.6 is 0 Å². The van der Waals surface area contributed by atoms with Crippen LogP contribution in [0.5, 0.6) is 0 Å². The number of nitrogens with zero attached hydrogens (tertiary/aromatic N) is 2. The highest BCUT2D eigenvalue weighted by Crippen LogP contribution is 2.31. The summed E-state index contributed by atoms with van der Waals surface area (Å²) in [4.78, 5) is 15.3. The molecule has 4 nitrogen and oxygen atoms in total. The van der Waals surface area contributed by atoms with Gasteiger partial charge in [0.2, 0.25) is 0 Å². The van der Waals surface area contributed by atoms with Crippen molar-refractivity contribution < 1.29 is 0 Å². The maximum atomic E-state index is 12.3. The van der Waals surface area contributed by atoms with Crippen LogP contribution in [0.15, 0.2) is 47.4 Å². The lowest BCUT2D eigenvalue weighted by molar-refractivity contribution is 0.481. The van der Waals surface area contributed by atoms with Gasteiger partial charge in [-0.15, -0.1) is 0 Å². The molecule has 112 valence electrons. The Labute approximate surface area is 128 Å². The molecule has 0 bridgehead atoms. The minimum absolute atomic E-state index is 0.0346. The molecule has 0 saturated heterocycles. The Bertz CT molecular complexity index is 842. The van der Waals surface area contributed by atoms with Crippen molar-refractivity contribution in [2.45, 2.75) is 38.1 Å². The van der Waals surface area contributed by atoms with Gasteiger partial charge in [-0.1, -0.05) is 43.2 Å². The highest BCUT2D eigenvalue weighted by molar-refractivity contribution is 5.78. The van der Waals surface area contributed by atoms with Crippen LogP contribution in [0.3, 0.4) is 0 Å². The van der Waals surface area contributed by atoms with Crippen LogP contribution in [0.4, 0.5) is 0 Å². The molecule has 4 heteroatoms. The number of fused-ring (bicyclic) bond motifs is 1. The molecule has 1 aliphatic carbocycles. The molecule has 0 atom stereocenters.